The molecule has 0 unspecified atom stereocenters. The van der Waals surface area contributed by atoms with E-state index in [4.69, 9.17) is 14.5 Å². The molecule has 4 amide bonds. The number of para-hydroxylation sites is 1. The third-order valence-electron chi connectivity index (χ3n) is 14.0. The number of esters is 2. The molecule has 10 rings (SSSR count). The summed E-state index contributed by atoms with van der Waals surface area (Å²) in [6, 6.07) is 41.9. The standard InChI is InChI=1S/C58H52N6O8S/c1-35(2)47(53(67)71-4)60-57(70)63-44-31-26-36(19-16-32-62(3)34-37-17-8-5-9-18-37)33-42(44)58(55(63)69)46(52(66)61-56-59-43-24-14-15-25-45(43)73-56)49-54(68)72-50(39-22-12-7-13-23-39)48(38-20-10-6-11-21-38)64(49)51(58)40-27-29-41(65)30-28-40/h5-15,17-18,20-31,33,35,46-51,65H,32,34H2,1-4H3,(H,60,70)(H,59,61,66)/t46-,47-,48-,49-,50+,51+,58-/m0/s1. The van der Waals surface area contributed by atoms with Crippen molar-refractivity contribution < 1.29 is 38.6 Å². The van der Waals surface area contributed by atoms with Crippen LogP contribution in [-0.4, -0.2) is 82.5 Å². The third-order valence-corrected chi connectivity index (χ3v) is 14.9. The molecule has 6 aromatic carbocycles. The Hall–Kier alpha value is -8.16. The maximum atomic E-state index is 16.7. The highest BCUT2D eigenvalue weighted by Gasteiger charge is 2.75. The number of hydrogen-bond donors (Lipinski definition) is 3. The summed E-state index contributed by atoms with van der Waals surface area (Å²) in [7, 11) is 3.18. The summed E-state index contributed by atoms with van der Waals surface area (Å²) in [6.07, 6.45) is -0.956. The summed E-state index contributed by atoms with van der Waals surface area (Å²) in [6.45, 7) is 4.49. The zero-order valence-corrected chi connectivity index (χ0v) is 41.3. The third kappa shape index (κ3) is 8.88. The largest absolute Gasteiger partial charge is 0.508 e. The molecule has 14 nitrogen and oxygen atoms in total. The molecule has 368 valence electrons. The lowest BCUT2D eigenvalue weighted by atomic mass is 9.65. The van der Waals surface area contributed by atoms with E-state index >= 15 is 19.2 Å². The molecule has 0 aliphatic carbocycles. The van der Waals surface area contributed by atoms with E-state index in [1.165, 1.54) is 30.6 Å². The normalized spacial score (nSPS) is 21.6. The van der Waals surface area contributed by atoms with Crippen molar-refractivity contribution in [2.45, 2.75) is 56.1 Å². The van der Waals surface area contributed by atoms with Crippen molar-refractivity contribution in [1.82, 2.24) is 20.1 Å². The van der Waals surface area contributed by atoms with Crippen molar-refractivity contribution in [3.63, 3.8) is 0 Å². The molecule has 0 radical (unpaired) electrons. The van der Waals surface area contributed by atoms with Crippen LogP contribution in [0.3, 0.4) is 0 Å². The topological polar surface area (TPSA) is 171 Å². The first-order valence-corrected chi connectivity index (χ1v) is 24.8. The number of thiazole rings is 1. The van der Waals surface area contributed by atoms with Crippen LogP contribution in [0.15, 0.2) is 158 Å². The van der Waals surface area contributed by atoms with Crippen LogP contribution >= 0.6 is 11.3 Å². The Morgan fingerprint density at radius 2 is 1.49 bits per heavy atom. The zero-order valence-electron chi connectivity index (χ0n) is 40.5. The van der Waals surface area contributed by atoms with Gasteiger partial charge in [-0.15, -0.1) is 0 Å². The molecule has 3 N–H and O–H groups in total. The fraction of sp³-hybridized carbons (Fsp3) is 0.241. The Balaban J connectivity index is 1.23. The molecule has 73 heavy (non-hydrogen) atoms. The van der Waals surface area contributed by atoms with Gasteiger partial charge in [-0.05, 0) is 83.2 Å². The Labute approximate surface area is 426 Å². The molecule has 4 heterocycles. The predicted octanol–water partition coefficient (Wildman–Crippen LogP) is 8.70. The number of aromatic hydroxyl groups is 1. The highest BCUT2D eigenvalue weighted by molar-refractivity contribution is 7.22. The van der Waals surface area contributed by atoms with Crippen molar-refractivity contribution in [2.24, 2.45) is 11.8 Å². The molecule has 7 aromatic rings. The van der Waals surface area contributed by atoms with Gasteiger partial charge in [0, 0.05) is 12.1 Å². The Morgan fingerprint density at radius 1 is 0.836 bits per heavy atom. The summed E-state index contributed by atoms with van der Waals surface area (Å²) in [5.41, 5.74) is 2.29. The smallest absolute Gasteiger partial charge is 0.329 e. The van der Waals surface area contributed by atoms with E-state index < -0.39 is 77.3 Å². The van der Waals surface area contributed by atoms with Gasteiger partial charge in [0.2, 0.25) is 11.8 Å². The van der Waals surface area contributed by atoms with Gasteiger partial charge >= 0.3 is 18.0 Å². The molecule has 2 fully saturated rings. The summed E-state index contributed by atoms with van der Waals surface area (Å²) in [5.74, 6) is 1.36. The number of aromatic nitrogens is 1. The minimum atomic E-state index is -2.13. The van der Waals surface area contributed by atoms with E-state index in [9.17, 15) is 9.90 Å². The van der Waals surface area contributed by atoms with Gasteiger partial charge in [0.15, 0.2) is 5.13 Å². The Bertz CT molecular complexity index is 3250. The lowest BCUT2D eigenvalue weighted by molar-refractivity contribution is -0.177. The number of phenolic OH excluding ortho intramolecular Hbond substituents is 1. The number of morpholine rings is 1. The van der Waals surface area contributed by atoms with E-state index in [2.05, 4.69) is 27.4 Å². The molecule has 1 aromatic heterocycles. The number of anilines is 2. The maximum Gasteiger partial charge on any atom is 0.329 e. The van der Waals surface area contributed by atoms with Crippen LogP contribution in [0.1, 0.15) is 65.4 Å². The Kier molecular flexibility index (Phi) is 13.4. The monoisotopic (exact) mass is 992 g/mol. The van der Waals surface area contributed by atoms with Gasteiger partial charge in [-0.3, -0.25) is 24.2 Å². The second-order valence-electron chi connectivity index (χ2n) is 18.9. The van der Waals surface area contributed by atoms with Crippen LogP contribution in [-0.2, 0) is 40.6 Å². The van der Waals surface area contributed by atoms with Crippen molar-refractivity contribution in [2.75, 3.05) is 30.9 Å². The van der Waals surface area contributed by atoms with E-state index in [1.54, 1.807) is 44.2 Å². The van der Waals surface area contributed by atoms with E-state index in [0.29, 0.717) is 35.3 Å². The molecule has 1 spiro atoms. The molecule has 0 saturated carbocycles. The number of methoxy groups -OCH3 is 1. The fourth-order valence-electron chi connectivity index (χ4n) is 10.8. The van der Waals surface area contributed by atoms with E-state index in [1.807, 2.05) is 127 Å². The minimum Gasteiger partial charge on any atom is -0.508 e. The number of rotatable bonds is 11. The number of nitrogens with one attached hydrogen (secondary N) is 2. The molecule has 15 heteroatoms. The SMILES string of the molecule is COC(=O)[C@@H](NC(=O)N1C(=O)[C@@]2(c3cc(C#CCN(C)Cc4ccccc4)ccc31)[C@H](C(=O)Nc1nc3ccccc3s1)[C@H]1C(=O)O[C@H](c3ccccc3)[C@H](c3ccccc3)N1[C@@H]2c1ccc(O)cc1)C(C)C. The van der Waals surface area contributed by atoms with Crippen molar-refractivity contribution >= 4 is 62.2 Å². The number of hydrogen-bond acceptors (Lipinski definition) is 12. The number of ether oxygens (including phenoxy) is 2. The molecule has 2 saturated heterocycles. The number of amides is 4. The van der Waals surface area contributed by atoms with Crippen LogP contribution in [0.2, 0.25) is 0 Å². The molecular weight excluding hydrogens is 941 g/mol. The average Bonchev–Trinajstić information content (AvgIpc) is 4.04. The molecule has 0 bridgehead atoms. The Morgan fingerprint density at radius 3 is 2.16 bits per heavy atom. The number of phenols is 1. The molecule has 3 aliphatic rings. The summed E-state index contributed by atoms with van der Waals surface area (Å²) in [4.78, 5) is 86.3. The second kappa shape index (κ2) is 20.2. The van der Waals surface area contributed by atoms with Crippen LogP contribution in [0.5, 0.6) is 5.75 Å². The van der Waals surface area contributed by atoms with Gasteiger partial charge in [-0.2, -0.15) is 0 Å². The number of urea groups is 1. The van der Waals surface area contributed by atoms with Crippen molar-refractivity contribution in [3.05, 3.63) is 191 Å². The first-order chi connectivity index (χ1) is 35.4. The molecule has 7 atom stereocenters. The average molecular weight is 993 g/mol. The van der Waals surface area contributed by atoms with Gasteiger partial charge in [-0.1, -0.05) is 152 Å². The number of nitrogens with zero attached hydrogens (tertiary/aromatic N) is 4. The first-order valence-electron chi connectivity index (χ1n) is 24.0. The maximum absolute atomic E-state index is 16.7. The predicted molar refractivity (Wildman–Crippen MR) is 277 cm³/mol. The summed E-state index contributed by atoms with van der Waals surface area (Å²) in [5, 5.41) is 16.9. The quantitative estimate of drug-likeness (QED) is 0.0837. The van der Waals surface area contributed by atoms with Crippen LogP contribution < -0.4 is 15.5 Å². The number of imide groups is 1. The van der Waals surface area contributed by atoms with E-state index in [0.717, 1.165) is 20.7 Å². The highest BCUT2D eigenvalue weighted by atomic mass is 32.1. The van der Waals surface area contributed by atoms with Gasteiger partial charge in [0.05, 0.1) is 47.6 Å². The number of fused-ring (bicyclic) bond motifs is 4. The van der Waals surface area contributed by atoms with Gasteiger partial charge in [0.1, 0.15) is 29.4 Å². The highest BCUT2D eigenvalue weighted by Crippen LogP contribution is 2.66. The summed E-state index contributed by atoms with van der Waals surface area (Å²) >= 11 is 1.23. The second-order valence-corrected chi connectivity index (χ2v) is 19.9. The van der Waals surface area contributed by atoms with Crippen molar-refractivity contribution in [3.8, 4) is 17.6 Å². The van der Waals surface area contributed by atoms with Crippen LogP contribution in [0.4, 0.5) is 15.6 Å². The van der Waals surface area contributed by atoms with E-state index in [-0.39, 0.29) is 22.1 Å². The zero-order chi connectivity index (χ0) is 51.0. The number of cyclic esters (lactones) is 1. The summed E-state index contributed by atoms with van der Waals surface area (Å²) < 4.78 is 12.5. The fourth-order valence-corrected chi connectivity index (χ4v) is 11.7. The van der Waals surface area contributed by atoms with Crippen LogP contribution in [0.25, 0.3) is 10.2 Å². The molecular formula is C58H52N6O8S. The number of carbonyl (C=O) groups excluding carboxylic acids is 5. The van der Waals surface area contributed by atoms with Gasteiger partial charge in [-0.25, -0.2) is 19.5 Å². The van der Waals surface area contributed by atoms with Gasteiger partial charge in [0.25, 0.3) is 0 Å². The van der Waals surface area contributed by atoms with Crippen molar-refractivity contribution in [1.29, 1.82) is 0 Å². The molecule has 3 aliphatic heterocycles. The number of carbonyl (C=O) groups is 5. The lowest BCUT2D eigenvalue weighted by Gasteiger charge is -2.46. The van der Waals surface area contributed by atoms with Gasteiger partial charge < -0.3 is 25.2 Å². The lowest BCUT2D eigenvalue weighted by Crippen LogP contribution is -2.57. The van der Waals surface area contributed by atoms with Crippen LogP contribution in [0, 0.1) is 23.7 Å². The number of benzene rings is 6. The minimum absolute atomic E-state index is 0.0613. The first kappa shape index (κ1) is 48.5.